The molecule has 0 fully saturated rings. The van der Waals surface area contributed by atoms with E-state index in [4.69, 9.17) is 27.9 Å². The van der Waals surface area contributed by atoms with Crippen LogP contribution < -0.4 is 4.74 Å². The van der Waals surface area contributed by atoms with Gasteiger partial charge in [0.2, 0.25) is 5.91 Å². The monoisotopic (exact) mass is 515 g/mol. The highest BCUT2D eigenvalue weighted by atomic mass is 35.5. The number of carboxylic acid groups (broad SMARTS) is 1. The van der Waals surface area contributed by atoms with E-state index in [0.717, 1.165) is 28.5 Å². The summed E-state index contributed by atoms with van der Waals surface area (Å²) in [6.45, 7) is 1.53. The molecule has 0 radical (unpaired) electrons. The highest BCUT2D eigenvalue weighted by molar-refractivity contribution is 6.31. The number of ether oxygens (including phenoxy) is 1. The Morgan fingerprint density at radius 2 is 1.77 bits per heavy atom. The molecule has 1 atom stereocenters. The maximum absolute atomic E-state index is 13.4. The summed E-state index contributed by atoms with van der Waals surface area (Å²) in [4.78, 5) is 25.6. The molecule has 8 heteroatoms. The van der Waals surface area contributed by atoms with Crippen LogP contribution in [-0.2, 0) is 35.4 Å². The molecule has 0 unspecified atom stereocenters. The molecule has 35 heavy (non-hydrogen) atoms. The SMILES string of the molecule is C[C@]1(Cc2ccc(Cl)cc2)Cc2cc(CC(=O)N(CC(=O)O)Cc3ccc(F)cc3Cl)ccc2O1. The Morgan fingerprint density at radius 3 is 2.46 bits per heavy atom. The number of fused-ring (bicyclic) bond motifs is 1. The number of carbonyl (C=O) groups excluding carboxylic acids is 1. The third-order valence-corrected chi connectivity index (χ3v) is 6.55. The molecule has 1 aliphatic rings. The van der Waals surface area contributed by atoms with Crippen molar-refractivity contribution in [1.29, 1.82) is 0 Å². The summed E-state index contributed by atoms with van der Waals surface area (Å²) in [5.74, 6) is -1.23. The van der Waals surface area contributed by atoms with Crippen LogP contribution in [0.25, 0.3) is 0 Å². The van der Waals surface area contributed by atoms with E-state index in [1.54, 1.807) is 0 Å². The predicted octanol–water partition coefficient (Wildman–Crippen LogP) is 5.72. The van der Waals surface area contributed by atoms with Crippen molar-refractivity contribution in [2.45, 2.75) is 38.3 Å². The number of benzene rings is 3. The zero-order chi connectivity index (χ0) is 25.2. The number of rotatable bonds is 8. The third kappa shape index (κ3) is 6.32. The smallest absolute Gasteiger partial charge is 0.323 e. The molecule has 182 valence electrons. The maximum Gasteiger partial charge on any atom is 0.323 e. The van der Waals surface area contributed by atoms with Gasteiger partial charge in [-0.05, 0) is 59.5 Å². The lowest BCUT2D eigenvalue weighted by molar-refractivity contribution is -0.144. The van der Waals surface area contributed by atoms with Gasteiger partial charge in [-0.25, -0.2) is 4.39 Å². The van der Waals surface area contributed by atoms with Gasteiger partial charge in [-0.15, -0.1) is 0 Å². The second-order valence-electron chi connectivity index (χ2n) is 9.03. The minimum Gasteiger partial charge on any atom is -0.487 e. The normalized spacial score (nSPS) is 16.5. The lowest BCUT2D eigenvalue weighted by Gasteiger charge is -2.24. The van der Waals surface area contributed by atoms with Gasteiger partial charge in [0.15, 0.2) is 0 Å². The zero-order valence-corrected chi connectivity index (χ0v) is 20.6. The second-order valence-corrected chi connectivity index (χ2v) is 9.87. The van der Waals surface area contributed by atoms with Crippen molar-refractivity contribution in [2.75, 3.05) is 6.54 Å². The molecule has 0 aliphatic carbocycles. The van der Waals surface area contributed by atoms with Gasteiger partial charge in [-0.3, -0.25) is 9.59 Å². The molecule has 1 N–H and O–H groups in total. The van der Waals surface area contributed by atoms with Gasteiger partial charge in [-0.1, -0.05) is 53.5 Å². The van der Waals surface area contributed by atoms with Crippen LogP contribution in [-0.4, -0.2) is 34.0 Å². The Labute approximate surface area is 213 Å². The van der Waals surface area contributed by atoms with Crippen LogP contribution in [0.5, 0.6) is 5.75 Å². The van der Waals surface area contributed by atoms with Crippen LogP contribution in [0.15, 0.2) is 60.7 Å². The molecule has 3 aromatic carbocycles. The summed E-state index contributed by atoms with van der Waals surface area (Å²) in [6, 6.07) is 17.1. The quantitative estimate of drug-likeness (QED) is 0.416. The molecule has 0 aromatic heterocycles. The zero-order valence-electron chi connectivity index (χ0n) is 19.1. The fraction of sp³-hybridized carbons (Fsp3) is 0.259. The summed E-state index contributed by atoms with van der Waals surface area (Å²) in [7, 11) is 0. The van der Waals surface area contributed by atoms with Crippen molar-refractivity contribution in [3.05, 3.63) is 98.8 Å². The Bertz CT molecular complexity index is 1260. The fourth-order valence-corrected chi connectivity index (χ4v) is 4.71. The molecular weight excluding hydrogens is 492 g/mol. The van der Waals surface area contributed by atoms with Gasteiger partial charge in [0.1, 0.15) is 23.7 Å². The van der Waals surface area contributed by atoms with E-state index in [2.05, 4.69) is 0 Å². The summed E-state index contributed by atoms with van der Waals surface area (Å²) in [5.41, 5.74) is 2.92. The maximum atomic E-state index is 13.4. The highest BCUT2D eigenvalue weighted by Crippen LogP contribution is 2.37. The first-order valence-electron chi connectivity index (χ1n) is 11.1. The van der Waals surface area contributed by atoms with E-state index in [1.807, 2.05) is 49.4 Å². The summed E-state index contributed by atoms with van der Waals surface area (Å²) in [5, 5.41) is 10.1. The van der Waals surface area contributed by atoms with Crippen molar-refractivity contribution < 1.29 is 23.8 Å². The standard InChI is InChI=1S/C27H24Cl2FNO4/c1-27(13-17-2-6-21(28)7-3-17)14-20-10-18(4-9-24(20)35-27)11-25(32)31(16-26(33)34)15-19-5-8-22(30)12-23(19)29/h2-10,12H,11,13-16H2,1H3,(H,33,34)/t27-/m0/s1. The lowest BCUT2D eigenvalue weighted by Crippen LogP contribution is -2.36. The van der Waals surface area contributed by atoms with Crippen molar-refractivity contribution in [3.8, 4) is 5.75 Å². The number of hydrogen-bond acceptors (Lipinski definition) is 3. The molecule has 5 nitrogen and oxygen atoms in total. The van der Waals surface area contributed by atoms with E-state index in [9.17, 15) is 19.1 Å². The lowest BCUT2D eigenvalue weighted by atomic mass is 9.91. The van der Waals surface area contributed by atoms with Crippen molar-refractivity contribution in [3.63, 3.8) is 0 Å². The first-order valence-corrected chi connectivity index (χ1v) is 11.8. The number of nitrogens with zero attached hydrogens (tertiary/aromatic N) is 1. The van der Waals surface area contributed by atoms with E-state index in [1.165, 1.54) is 17.0 Å². The molecule has 1 heterocycles. The number of carbonyl (C=O) groups is 2. The summed E-state index contributed by atoms with van der Waals surface area (Å²) in [6.07, 6.45) is 1.40. The Hall–Kier alpha value is -3.09. The molecule has 0 spiro atoms. The summed E-state index contributed by atoms with van der Waals surface area (Å²) < 4.78 is 19.6. The van der Waals surface area contributed by atoms with Crippen LogP contribution >= 0.6 is 23.2 Å². The molecule has 0 saturated heterocycles. The number of halogens is 3. The van der Waals surface area contributed by atoms with Crippen LogP contribution in [0.4, 0.5) is 4.39 Å². The van der Waals surface area contributed by atoms with Gasteiger partial charge in [0.25, 0.3) is 0 Å². The Balaban J connectivity index is 1.46. The van der Waals surface area contributed by atoms with Crippen molar-refractivity contribution >= 4 is 35.1 Å². The van der Waals surface area contributed by atoms with E-state index < -0.39 is 23.9 Å². The number of carboxylic acids is 1. The number of amides is 1. The van der Waals surface area contributed by atoms with Gasteiger partial charge in [-0.2, -0.15) is 0 Å². The minimum atomic E-state index is -1.14. The van der Waals surface area contributed by atoms with Crippen LogP contribution in [0.2, 0.25) is 10.0 Å². The minimum absolute atomic E-state index is 0.0211. The molecule has 0 saturated carbocycles. The van der Waals surface area contributed by atoms with Crippen LogP contribution in [0, 0.1) is 5.82 Å². The Kier molecular flexibility index (Phi) is 7.33. The van der Waals surface area contributed by atoms with Gasteiger partial charge in [0, 0.05) is 29.4 Å². The van der Waals surface area contributed by atoms with E-state index in [0.29, 0.717) is 23.4 Å². The molecule has 4 rings (SSSR count). The molecular formula is C27H24Cl2FNO4. The van der Waals surface area contributed by atoms with Crippen molar-refractivity contribution in [2.24, 2.45) is 0 Å². The molecule has 3 aromatic rings. The fourth-order valence-electron chi connectivity index (χ4n) is 4.36. The number of aliphatic carboxylic acids is 1. The third-order valence-electron chi connectivity index (χ3n) is 5.95. The molecule has 1 aliphatic heterocycles. The highest BCUT2D eigenvalue weighted by Gasteiger charge is 2.35. The van der Waals surface area contributed by atoms with Crippen molar-refractivity contribution in [1.82, 2.24) is 4.90 Å². The average Bonchev–Trinajstić information content (AvgIpc) is 3.11. The largest absolute Gasteiger partial charge is 0.487 e. The Morgan fingerprint density at radius 1 is 1.06 bits per heavy atom. The topological polar surface area (TPSA) is 66.8 Å². The predicted molar refractivity (Wildman–Crippen MR) is 133 cm³/mol. The van der Waals surface area contributed by atoms with E-state index in [-0.39, 0.29) is 23.9 Å². The number of hydrogen-bond donors (Lipinski definition) is 1. The first-order chi connectivity index (χ1) is 16.6. The van der Waals surface area contributed by atoms with Gasteiger partial charge >= 0.3 is 5.97 Å². The first kappa shape index (κ1) is 25.0. The second kappa shape index (κ2) is 10.3. The van der Waals surface area contributed by atoms with Crippen LogP contribution in [0.3, 0.4) is 0 Å². The van der Waals surface area contributed by atoms with Gasteiger partial charge < -0.3 is 14.7 Å². The van der Waals surface area contributed by atoms with Gasteiger partial charge in [0.05, 0.1) is 6.42 Å². The average molecular weight is 516 g/mol. The molecule has 0 bridgehead atoms. The van der Waals surface area contributed by atoms with Crippen LogP contribution in [0.1, 0.15) is 29.2 Å². The molecule has 1 amide bonds. The summed E-state index contributed by atoms with van der Waals surface area (Å²) >= 11 is 12.1. The van der Waals surface area contributed by atoms with E-state index >= 15 is 0 Å².